The maximum Gasteiger partial charge on any atom is 0.0462 e. The van der Waals surface area contributed by atoms with Crippen molar-refractivity contribution in [1.82, 2.24) is 0 Å². The van der Waals surface area contributed by atoms with Crippen molar-refractivity contribution < 1.29 is 0 Å². The molecule has 12 aromatic rings. The molecule has 0 aliphatic rings. The van der Waals surface area contributed by atoms with Gasteiger partial charge in [-0.05, 0) is 201 Å². The van der Waals surface area contributed by atoms with Crippen molar-refractivity contribution in [3.63, 3.8) is 0 Å². The Morgan fingerprint density at radius 3 is 0.852 bits per heavy atom. The fraction of sp³-hybridized carbons (Fsp3) is 0.209. The second-order valence-corrected chi connectivity index (χ2v) is 24.4. The highest BCUT2D eigenvalue weighted by Gasteiger charge is 2.20. The molecular weight excluding hydrogens is 1060 g/mol. The lowest BCUT2D eigenvalue weighted by Crippen LogP contribution is -2.09. The van der Waals surface area contributed by atoms with E-state index < -0.39 is 0 Å². The summed E-state index contributed by atoms with van der Waals surface area (Å²) in [6, 6.07) is 100. The van der Waals surface area contributed by atoms with E-state index in [1.54, 1.807) is 0 Å². The number of hydrogen-bond donors (Lipinski definition) is 0. The van der Waals surface area contributed by atoms with Crippen LogP contribution in [0.4, 0.5) is 34.1 Å². The van der Waals surface area contributed by atoms with Crippen molar-refractivity contribution in [2.24, 2.45) is 0 Å². The zero-order valence-electron chi connectivity index (χ0n) is 52.2. The van der Waals surface area contributed by atoms with Crippen molar-refractivity contribution in [1.29, 1.82) is 0 Å². The minimum Gasteiger partial charge on any atom is -0.311 e. The molecule has 0 aliphatic carbocycles. The average Bonchev–Trinajstić information content (AvgIpc) is 1.57. The minimum absolute atomic E-state index is 1.08. The lowest BCUT2D eigenvalue weighted by molar-refractivity contribution is 0.607. The zero-order valence-corrected chi connectivity index (χ0v) is 52.2. The number of anilines is 6. The van der Waals surface area contributed by atoms with Crippen LogP contribution in [0.25, 0.3) is 77.2 Å². The number of benzene rings is 12. The van der Waals surface area contributed by atoms with Gasteiger partial charge in [0.1, 0.15) is 0 Å². The molecule has 0 saturated heterocycles. The Morgan fingerprint density at radius 1 is 0.227 bits per heavy atom. The Bertz CT molecular complexity index is 3910. The zero-order chi connectivity index (χ0) is 60.0. The van der Waals surface area contributed by atoms with Crippen molar-refractivity contribution in [2.45, 2.75) is 118 Å². The van der Waals surface area contributed by atoms with Gasteiger partial charge in [-0.3, -0.25) is 0 Å². The molecule has 0 spiro atoms. The highest BCUT2D eigenvalue weighted by molar-refractivity contribution is 6.12. The first-order chi connectivity index (χ1) is 43.4. The summed E-state index contributed by atoms with van der Waals surface area (Å²) in [5.41, 5.74) is 24.5. The van der Waals surface area contributed by atoms with Crippen molar-refractivity contribution >= 4 is 55.7 Å². The van der Waals surface area contributed by atoms with E-state index in [2.05, 4.69) is 304 Å². The lowest BCUT2D eigenvalue weighted by atomic mass is 9.86. The summed E-state index contributed by atoms with van der Waals surface area (Å²) in [4.78, 5) is 4.76. The summed E-state index contributed by atoms with van der Waals surface area (Å²) >= 11 is 0. The van der Waals surface area contributed by atoms with Gasteiger partial charge in [-0.1, -0.05) is 283 Å². The molecule has 12 rings (SSSR count). The quantitative estimate of drug-likeness (QED) is 0.0526. The monoisotopic (exact) mass is 1140 g/mol. The van der Waals surface area contributed by atoms with Crippen LogP contribution >= 0.6 is 0 Å². The van der Waals surface area contributed by atoms with E-state index >= 15 is 0 Å². The Hall–Kier alpha value is -9.24. The molecule has 2 heteroatoms. The van der Waals surface area contributed by atoms with E-state index in [-0.39, 0.29) is 0 Å². The van der Waals surface area contributed by atoms with Gasteiger partial charge in [-0.2, -0.15) is 0 Å². The molecule has 0 unspecified atom stereocenters. The van der Waals surface area contributed by atoms with E-state index in [1.165, 1.54) is 176 Å². The van der Waals surface area contributed by atoms with Crippen LogP contribution in [-0.4, -0.2) is 0 Å². The summed E-state index contributed by atoms with van der Waals surface area (Å²) in [6.07, 6.45) is 17.6. The van der Waals surface area contributed by atoms with Gasteiger partial charge in [-0.25, -0.2) is 0 Å². The third kappa shape index (κ3) is 13.8. The van der Waals surface area contributed by atoms with Crippen LogP contribution in [0.1, 0.15) is 113 Å². The highest BCUT2D eigenvalue weighted by Crippen LogP contribution is 2.45. The first kappa shape index (κ1) is 59.1. The van der Waals surface area contributed by atoms with Gasteiger partial charge in [0.25, 0.3) is 0 Å². The summed E-state index contributed by atoms with van der Waals surface area (Å²) in [6.45, 7) is 8.93. The lowest BCUT2D eigenvalue weighted by Gasteiger charge is -2.26. The highest BCUT2D eigenvalue weighted by atomic mass is 15.1. The number of aryl methyl sites for hydroxylation is 4. The van der Waals surface area contributed by atoms with Gasteiger partial charge in [0.2, 0.25) is 0 Å². The molecule has 0 heterocycles. The van der Waals surface area contributed by atoms with Gasteiger partial charge in [-0.15, -0.1) is 0 Å². The van der Waals surface area contributed by atoms with Crippen LogP contribution < -0.4 is 9.80 Å². The van der Waals surface area contributed by atoms with Crippen molar-refractivity contribution in [3.8, 4) is 55.6 Å². The molecular formula is C86H84N2. The van der Waals surface area contributed by atoms with Gasteiger partial charge in [0.05, 0.1) is 0 Å². The summed E-state index contributed by atoms with van der Waals surface area (Å²) in [7, 11) is 0. The number of nitrogens with zero attached hydrogens (tertiary/aromatic N) is 2. The maximum absolute atomic E-state index is 2.54. The molecule has 0 radical (unpaired) electrons. The third-order valence-electron chi connectivity index (χ3n) is 18.0. The Kier molecular flexibility index (Phi) is 19.2. The van der Waals surface area contributed by atoms with Crippen LogP contribution in [0.5, 0.6) is 0 Å². The number of fused-ring (bicyclic) bond motifs is 2. The molecule has 88 heavy (non-hydrogen) atoms. The molecule has 0 N–H and O–H groups in total. The summed E-state index contributed by atoms with van der Waals surface area (Å²) in [5.74, 6) is 0. The van der Waals surface area contributed by atoms with Crippen LogP contribution in [-0.2, 0) is 12.8 Å². The van der Waals surface area contributed by atoms with E-state index in [4.69, 9.17) is 0 Å². The van der Waals surface area contributed by atoms with Crippen molar-refractivity contribution in [2.75, 3.05) is 9.80 Å². The topological polar surface area (TPSA) is 6.48 Å². The van der Waals surface area contributed by atoms with Crippen LogP contribution in [0.2, 0.25) is 0 Å². The summed E-state index contributed by atoms with van der Waals surface area (Å²) in [5, 5.41) is 5.20. The maximum atomic E-state index is 2.54. The average molecular weight is 1150 g/mol. The molecule has 2 nitrogen and oxygen atoms in total. The molecule has 0 aromatic heterocycles. The number of rotatable bonds is 25. The van der Waals surface area contributed by atoms with E-state index in [1.807, 2.05) is 0 Å². The molecule has 0 amide bonds. The standard InChI is InChI=1S/C86H84N2/c1-5-7-9-11-13-17-23-65-33-55-81-79(71-39-51-77(52-40-71)87(73-43-29-63(3)30-44-73)75-47-35-69(36-48-75)67-25-19-15-20-26-67)57-59-83(85(81)61-65)84-60-58-80(82-56-34-66(62-86(82)84)24-18-14-12-10-8-6-2)72-41-53-78(54-42-72)88(74-45-31-64(4)32-46-74)76-49-37-70(38-50-76)68-27-21-16-22-28-68/h15-16,19-22,25-62H,5-14,17-18,23-24H2,1-4H3. The third-order valence-corrected chi connectivity index (χ3v) is 18.0. The van der Waals surface area contributed by atoms with E-state index in [0.29, 0.717) is 0 Å². The molecule has 0 aliphatic heterocycles. The molecule has 438 valence electrons. The smallest absolute Gasteiger partial charge is 0.0462 e. The molecule has 0 atom stereocenters. The Balaban J connectivity index is 0.929. The fourth-order valence-electron chi connectivity index (χ4n) is 13.0. The predicted octanol–water partition coefficient (Wildman–Crippen LogP) is 25.7. The van der Waals surface area contributed by atoms with Crippen LogP contribution in [0, 0.1) is 13.8 Å². The fourth-order valence-corrected chi connectivity index (χ4v) is 13.0. The van der Waals surface area contributed by atoms with Crippen molar-refractivity contribution in [3.05, 3.63) is 289 Å². The minimum atomic E-state index is 1.08. The van der Waals surface area contributed by atoms with Gasteiger partial charge in [0, 0.05) is 34.1 Å². The molecule has 12 aromatic carbocycles. The summed E-state index contributed by atoms with van der Waals surface area (Å²) < 4.78 is 0. The second kappa shape index (κ2) is 28.5. The SMILES string of the molecule is CCCCCCCCc1ccc2c(-c3ccc(N(c4ccc(C)cc4)c4ccc(-c5ccccc5)cc4)cc3)ccc(-c3ccc(-c4ccc(N(c5ccc(C)cc5)c5ccc(-c6ccccc6)cc5)cc4)c4ccc(CCCCCCCC)cc34)c2c1. The molecule has 0 saturated carbocycles. The second-order valence-electron chi connectivity index (χ2n) is 24.4. The molecule has 0 fully saturated rings. The Labute approximate surface area is 524 Å². The first-order valence-electron chi connectivity index (χ1n) is 32.8. The number of unbranched alkanes of at least 4 members (excludes halogenated alkanes) is 10. The van der Waals surface area contributed by atoms with Gasteiger partial charge in [0.15, 0.2) is 0 Å². The normalized spacial score (nSPS) is 11.4. The van der Waals surface area contributed by atoms with Gasteiger partial charge >= 0.3 is 0 Å². The largest absolute Gasteiger partial charge is 0.311 e. The van der Waals surface area contributed by atoms with Crippen LogP contribution in [0.3, 0.4) is 0 Å². The van der Waals surface area contributed by atoms with Gasteiger partial charge < -0.3 is 9.80 Å². The Morgan fingerprint density at radius 2 is 0.511 bits per heavy atom. The first-order valence-corrected chi connectivity index (χ1v) is 32.8. The predicted molar refractivity (Wildman–Crippen MR) is 382 cm³/mol. The van der Waals surface area contributed by atoms with Crippen LogP contribution in [0.15, 0.2) is 267 Å². The molecule has 0 bridgehead atoms. The van der Waals surface area contributed by atoms with E-state index in [9.17, 15) is 0 Å². The number of hydrogen-bond acceptors (Lipinski definition) is 2. The van der Waals surface area contributed by atoms with E-state index in [0.717, 1.165) is 47.0 Å².